The van der Waals surface area contributed by atoms with E-state index in [1.54, 1.807) is 67.6 Å². The first-order valence-corrected chi connectivity index (χ1v) is 15.8. The fourth-order valence-corrected chi connectivity index (χ4v) is 6.09. The number of nitrogens with one attached hydrogen (secondary N) is 1. The zero-order valence-electron chi connectivity index (χ0n) is 24.4. The third-order valence-corrected chi connectivity index (χ3v) is 8.79. The molecule has 0 fully saturated rings. The van der Waals surface area contributed by atoms with E-state index >= 15 is 0 Å². The first kappa shape index (κ1) is 33.2. The van der Waals surface area contributed by atoms with Gasteiger partial charge in [-0.2, -0.15) is 0 Å². The van der Waals surface area contributed by atoms with Crippen LogP contribution < -0.4 is 14.4 Å². The quantitative estimate of drug-likeness (QED) is 0.252. The largest absolute Gasteiger partial charge is 0.494 e. The van der Waals surface area contributed by atoms with Gasteiger partial charge in [-0.25, -0.2) is 8.42 Å². The van der Waals surface area contributed by atoms with Crippen LogP contribution in [0.3, 0.4) is 0 Å². The van der Waals surface area contributed by atoms with Crippen molar-refractivity contribution in [3.8, 4) is 5.75 Å². The Balaban J connectivity index is 2.08. The van der Waals surface area contributed by atoms with Gasteiger partial charge in [0.1, 0.15) is 18.3 Å². The molecular formula is C31H37Cl2N3O5S. The molecule has 0 saturated heterocycles. The number of hydrogen-bond acceptors (Lipinski definition) is 5. The number of nitrogens with zero attached hydrogens (tertiary/aromatic N) is 2. The highest BCUT2D eigenvalue weighted by Crippen LogP contribution is 2.28. The van der Waals surface area contributed by atoms with Crippen LogP contribution in [0.5, 0.6) is 5.75 Å². The van der Waals surface area contributed by atoms with Crippen molar-refractivity contribution in [2.45, 2.75) is 64.1 Å². The lowest BCUT2D eigenvalue weighted by Gasteiger charge is -2.34. The summed E-state index contributed by atoms with van der Waals surface area (Å²) in [7, 11) is -4.17. The van der Waals surface area contributed by atoms with Gasteiger partial charge in [0, 0.05) is 12.1 Å². The summed E-state index contributed by atoms with van der Waals surface area (Å²) in [5.74, 6) is -0.349. The van der Waals surface area contributed by atoms with Crippen molar-refractivity contribution < 1.29 is 22.7 Å². The average Bonchev–Trinajstić information content (AvgIpc) is 2.93. The van der Waals surface area contributed by atoms with Crippen LogP contribution in [0.2, 0.25) is 10.0 Å². The van der Waals surface area contributed by atoms with Crippen LogP contribution in [-0.2, 0) is 26.2 Å². The molecule has 0 spiro atoms. The van der Waals surface area contributed by atoms with Crippen LogP contribution in [0, 0.1) is 0 Å². The fraction of sp³-hybridized carbons (Fsp3) is 0.355. The number of rotatable bonds is 12. The zero-order valence-corrected chi connectivity index (χ0v) is 26.8. The van der Waals surface area contributed by atoms with E-state index in [9.17, 15) is 18.0 Å². The van der Waals surface area contributed by atoms with Gasteiger partial charge in [-0.15, -0.1) is 0 Å². The van der Waals surface area contributed by atoms with Gasteiger partial charge in [0.25, 0.3) is 10.0 Å². The fourth-order valence-electron chi connectivity index (χ4n) is 4.33. The molecule has 0 bridgehead atoms. The van der Waals surface area contributed by atoms with Crippen molar-refractivity contribution in [2.75, 3.05) is 17.5 Å². The number of amides is 2. The predicted octanol–water partition coefficient (Wildman–Crippen LogP) is 6.31. The molecular weight excluding hydrogens is 597 g/mol. The number of carbonyl (C=O) groups excluding carboxylic acids is 2. The first-order valence-electron chi connectivity index (χ1n) is 13.6. The number of hydrogen-bond donors (Lipinski definition) is 1. The molecule has 0 unspecified atom stereocenters. The average molecular weight is 635 g/mol. The van der Waals surface area contributed by atoms with E-state index in [0.717, 1.165) is 4.31 Å². The lowest BCUT2D eigenvalue weighted by Crippen LogP contribution is -2.55. The summed E-state index contributed by atoms with van der Waals surface area (Å²) in [6.07, 6.45) is 0.295. The summed E-state index contributed by atoms with van der Waals surface area (Å²) in [5, 5.41) is 3.60. The van der Waals surface area contributed by atoms with Crippen LogP contribution in [0.4, 0.5) is 5.69 Å². The third kappa shape index (κ3) is 8.63. The number of ether oxygens (including phenoxy) is 1. The maximum absolute atomic E-state index is 14.2. The van der Waals surface area contributed by atoms with Gasteiger partial charge in [-0.05, 0) is 88.2 Å². The Kier molecular flexibility index (Phi) is 11.3. The van der Waals surface area contributed by atoms with Gasteiger partial charge in [0.2, 0.25) is 11.8 Å². The van der Waals surface area contributed by atoms with Crippen molar-refractivity contribution in [2.24, 2.45) is 0 Å². The lowest BCUT2D eigenvalue weighted by atomic mass is 10.1. The summed E-state index contributed by atoms with van der Waals surface area (Å²) < 4.78 is 34.4. The van der Waals surface area contributed by atoms with E-state index in [0.29, 0.717) is 34.4 Å². The smallest absolute Gasteiger partial charge is 0.264 e. The van der Waals surface area contributed by atoms with Crippen LogP contribution in [0.1, 0.15) is 46.6 Å². The number of carbonyl (C=O) groups is 2. The summed E-state index contributed by atoms with van der Waals surface area (Å²) in [4.78, 5) is 29.0. The predicted molar refractivity (Wildman–Crippen MR) is 168 cm³/mol. The SMILES string of the molecule is CCOc1ccc(N(CC(=O)N(Cc2ccc(Cl)c(Cl)c2)[C@@H](CC)C(=O)NC(C)(C)C)S(=O)(=O)c2ccccc2)cc1. The van der Waals surface area contributed by atoms with E-state index in [-0.39, 0.29) is 23.0 Å². The van der Waals surface area contributed by atoms with E-state index in [1.807, 2.05) is 27.7 Å². The van der Waals surface area contributed by atoms with Crippen molar-refractivity contribution >= 4 is 50.7 Å². The van der Waals surface area contributed by atoms with Gasteiger partial charge in [0.05, 0.1) is 27.2 Å². The molecule has 0 heterocycles. The molecule has 1 N–H and O–H groups in total. The minimum Gasteiger partial charge on any atom is -0.494 e. The van der Waals surface area contributed by atoms with Crippen LogP contribution in [-0.4, -0.2) is 49.9 Å². The maximum atomic E-state index is 14.2. The second-order valence-electron chi connectivity index (χ2n) is 10.7. The Hall–Kier alpha value is -3.27. The second-order valence-corrected chi connectivity index (χ2v) is 13.4. The summed E-state index contributed by atoms with van der Waals surface area (Å²) in [6.45, 7) is 9.10. The third-order valence-electron chi connectivity index (χ3n) is 6.27. The monoisotopic (exact) mass is 633 g/mol. The summed E-state index contributed by atoms with van der Waals surface area (Å²) >= 11 is 12.4. The minimum absolute atomic E-state index is 0.00823. The highest BCUT2D eigenvalue weighted by Gasteiger charge is 2.34. The van der Waals surface area contributed by atoms with E-state index in [1.165, 1.54) is 17.0 Å². The number of benzene rings is 3. The minimum atomic E-state index is -4.17. The molecule has 226 valence electrons. The van der Waals surface area contributed by atoms with Gasteiger partial charge >= 0.3 is 0 Å². The summed E-state index contributed by atoms with van der Waals surface area (Å²) in [5.41, 5.74) is 0.365. The van der Waals surface area contributed by atoms with E-state index in [4.69, 9.17) is 27.9 Å². The molecule has 3 aromatic carbocycles. The second kappa shape index (κ2) is 14.3. The van der Waals surface area contributed by atoms with E-state index in [2.05, 4.69) is 5.32 Å². The summed E-state index contributed by atoms with van der Waals surface area (Å²) in [6, 6.07) is 18.4. The molecule has 0 aliphatic rings. The van der Waals surface area contributed by atoms with Gasteiger partial charge in [-0.3, -0.25) is 13.9 Å². The Morgan fingerprint density at radius 2 is 1.57 bits per heavy atom. The lowest BCUT2D eigenvalue weighted by molar-refractivity contribution is -0.141. The molecule has 0 radical (unpaired) electrons. The highest BCUT2D eigenvalue weighted by molar-refractivity contribution is 7.92. The van der Waals surface area contributed by atoms with E-state index < -0.39 is 34.1 Å². The van der Waals surface area contributed by atoms with Crippen molar-refractivity contribution in [3.05, 3.63) is 88.4 Å². The van der Waals surface area contributed by atoms with Crippen molar-refractivity contribution in [1.82, 2.24) is 10.2 Å². The first-order chi connectivity index (χ1) is 19.8. The standard InChI is InChI=1S/C31H37Cl2N3O5S/c1-6-28(30(38)34-31(3,4)5)35(20-22-13-18-26(32)27(33)19-22)29(37)21-36(23-14-16-24(17-15-23)41-7-2)42(39,40)25-11-9-8-10-12-25/h8-19,28H,6-7,20-21H2,1-5H3,(H,34,38)/t28-/m0/s1. The Morgan fingerprint density at radius 3 is 2.12 bits per heavy atom. The molecule has 0 saturated carbocycles. The number of sulfonamides is 1. The molecule has 0 aliphatic heterocycles. The van der Waals surface area contributed by atoms with Gasteiger partial charge in [0.15, 0.2) is 0 Å². The Labute approximate surface area is 258 Å². The molecule has 42 heavy (non-hydrogen) atoms. The van der Waals surface area contributed by atoms with Crippen molar-refractivity contribution in [3.63, 3.8) is 0 Å². The normalized spacial score (nSPS) is 12.4. The number of halogens is 2. The molecule has 8 nitrogen and oxygen atoms in total. The van der Waals surface area contributed by atoms with Crippen LogP contribution in [0.15, 0.2) is 77.7 Å². The maximum Gasteiger partial charge on any atom is 0.264 e. The molecule has 11 heteroatoms. The number of anilines is 1. The highest BCUT2D eigenvalue weighted by atomic mass is 35.5. The topological polar surface area (TPSA) is 96.0 Å². The molecule has 1 atom stereocenters. The van der Waals surface area contributed by atoms with Crippen LogP contribution in [0.25, 0.3) is 0 Å². The van der Waals surface area contributed by atoms with Crippen molar-refractivity contribution in [1.29, 1.82) is 0 Å². The molecule has 2 amide bonds. The Morgan fingerprint density at radius 1 is 0.929 bits per heavy atom. The van der Waals surface area contributed by atoms with Crippen LogP contribution >= 0.6 is 23.2 Å². The molecule has 3 rings (SSSR count). The van der Waals surface area contributed by atoms with Gasteiger partial charge < -0.3 is 15.0 Å². The van der Waals surface area contributed by atoms with Gasteiger partial charge in [-0.1, -0.05) is 54.4 Å². The molecule has 0 aliphatic carbocycles. The molecule has 3 aromatic rings. The Bertz CT molecular complexity index is 1480. The molecule has 0 aromatic heterocycles. The zero-order chi connectivity index (χ0) is 31.1.